The Morgan fingerprint density at radius 2 is 2.08 bits per heavy atom. The van der Waals surface area contributed by atoms with Crippen LogP contribution < -0.4 is 0 Å². The van der Waals surface area contributed by atoms with E-state index in [4.69, 9.17) is 0 Å². The molecule has 0 saturated carbocycles. The number of hydrogen-bond acceptors (Lipinski definition) is 6. The van der Waals surface area contributed by atoms with Gasteiger partial charge in [0.1, 0.15) is 5.69 Å². The van der Waals surface area contributed by atoms with Crippen molar-refractivity contribution in [3.8, 4) is 11.5 Å². The van der Waals surface area contributed by atoms with Crippen LogP contribution in [-0.2, 0) is 11.8 Å². The Labute approximate surface area is 152 Å². The molecule has 0 aromatic carbocycles. The largest absolute Gasteiger partial charge is 0.341 e. The molecule has 1 aliphatic rings. The number of nitrogens with zero attached hydrogens (tertiary/aromatic N) is 6. The van der Waals surface area contributed by atoms with Gasteiger partial charge >= 0.3 is 0 Å². The van der Waals surface area contributed by atoms with Crippen LogP contribution in [-0.4, -0.2) is 53.9 Å². The molecule has 1 saturated heterocycles. The average molecular weight is 360 g/mol. The van der Waals surface area contributed by atoms with E-state index in [1.165, 1.54) is 11.8 Å². The third-order valence-corrected chi connectivity index (χ3v) is 5.31. The van der Waals surface area contributed by atoms with Crippen molar-refractivity contribution in [2.75, 3.05) is 13.1 Å². The highest BCUT2D eigenvalue weighted by molar-refractivity contribution is 8.00. The van der Waals surface area contributed by atoms with Crippen LogP contribution in [0.4, 0.5) is 0 Å². The van der Waals surface area contributed by atoms with Crippen LogP contribution in [0.1, 0.15) is 33.6 Å². The second kappa shape index (κ2) is 7.11. The Morgan fingerprint density at radius 3 is 2.76 bits per heavy atom. The molecule has 0 radical (unpaired) electrons. The predicted molar refractivity (Wildman–Crippen MR) is 96.9 cm³/mol. The van der Waals surface area contributed by atoms with Gasteiger partial charge in [-0.05, 0) is 18.3 Å². The Balaban J connectivity index is 1.74. The SMILES string of the molecule is Cn1c(SC2CCCN(CC(C)(C)C)C2=O)nnc1-c1cnccn1. The van der Waals surface area contributed by atoms with Gasteiger partial charge in [-0.2, -0.15) is 0 Å². The first kappa shape index (κ1) is 17.8. The first-order valence-electron chi connectivity index (χ1n) is 8.46. The molecule has 3 rings (SSSR count). The molecular weight excluding hydrogens is 336 g/mol. The number of thioether (sulfide) groups is 1. The molecule has 0 bridgehead atoms. The summed E-state index contributed by atoms with van der Waals surface area (Å²) in [5, 5.41) is 9.11. The van der Waals surface area contributed by atoms with E-state index in [1.807, 2.05) is 16.5 Å². The first-order chi connectivity index (χ1) is 11.8. The van der Waals surface area contributed by atoms with Crippen LogP contribution >= 0.6 is 11.8 Å². The van der Waals surface area contributed by atoms with Crippen molar-refractivity contribution in [3.05, 3.63) is 18.6 Å². The van der Waals surface area contributed by atoms with Crippen LogP contribution in [0, 0.1) is 5.41 Å². The fraction of sp³-hybridized carbons (Fsp3) is 0.588. The van der Waals surface area contributed by atoms with Crippen molar-refractivity contribution in [1.29, 1.82) is 0 Å². The molecule has 25 heavy (non-hydrogen) atoms. The lowest BCUT2D eigenvalue weighted by Crippen LogP contribution is -2.46. The molecule has 1 fully saturated rings. The molecular formula is C17H24N6OS. The molecule has 1 atom stereocenters. The second-order valence-electron chi connectivity index (χ2n) is 7.53. The van der Waals surface area contributed by atoms with Crippen LogP contribution in [0.15, 0.2) is 23.7 Å². The van der Waals surface area contributed by atoms with Crippen molar-refractivity contribution < 1.29 is 4.79 Å². The van der Waals surface area contributed by atoms with E-state index in [1.54, 1.807) is 18.6 Å². The zero-order valence-electron chi connectivity index (χ0n) is 15.1. The fourth-order valence-electron chi connectivity index (χ4n) is 2.93. The van der Waals surface area contributed by atoms with E-state index in [9.17, 15) is 4.79 Å². The number of aromatic nitrogens is 5. The average Bonchev–Trinajstić information content (AvgIpc) is 2.92. The lowest BCUT2D eigenvalue weighted by molar-refractivity contribution is -0.133. The third kappa shape index (κ3) is 4.18. The van der Waals surface area contributed by atoms with Crippen molar-refractivity contribution in [3.63, 3.8) is 0 Å². The van der Waals surface area contributed by atoms with Gasteiger partial charge in [-0.1, -0.05) is 32.5 Å². The molecule has 134 valence electrons. The van der Waals surface area contributed by atoms with Crippen LogP contribution in [0.25, 0.3) is 11.5 Å². The van der Waals surface area contributed by atoms with Gasteiger partial charge in [0.2, 0.25) is 5.91 Å². The van der Waals surface area contributed by atoms with Crippen LogP contribution in [0.5, 0.6) is 0 Å². The highest BCUT2D eigenvalue weighted by Gasteiger charge is 2.33. The molecule has 1 amide bonds. The quantitative estimate of drug-likeness (QED) is 0.833. The van der Waals surface area contributed by atoms with Gasteiger partial charge in [0.05, 0.1) is 11.4 Å². The van der Waals surface area contributed by atoms with E-state index < -0.39 is 0 Å². The van der Waals surface area contributed by atoms with Crippen molar-refractivity contribution in [2.24, 2.45) is 12.5 Å². The summed E-state index contributed by atoms with van der Waals surface area (Å²) in [6, 6.07) is 0. The fourth-order valence-corrected chi connectivity index (χ4v) is 4.05. The lowest BCUT2D eigenvalue weighted by atomic mass is 9.94. The molecule has 2 aromatic heterocycles. The number of hydrogen-bond donors (Lipinski definition) is 0. The van der Waals surface area contributed by atoms with Gasteiger partial charge in [-0.15, -0.1) is 10.2 Å². The maximum absolute atomic E-state index is 12.8. The first-order valence-corrected chi connectivity index (χ1v) is 9.34. The van der Waals surface area contributed by atoms with Gasteiger partial charge in [-0.3, -0.25) is 9.78 Å². The van der Waals surface area contributed by atoms with Crippen molar-refractivity contribution in [1.82, 2.24) is 29.6 Å². The number of likely N-dealkylation sites (tertiary alicyclic amines) is 1. The zero-order valence-corrected chi connectivity index (χ0v) is 16.0. The highest BCUT2D eigenvalue weighted by Crippen LogP contribution is 2.31. The Kier molecular flexibility index (Phi) is 5.08. The maximum Gasteiger partial charge on any atom is 0.236 e. The Morgan fingerprint density at radius 1 is 1.28 bits per heavy atom. The molecule has 2 aromatic rings. The molecule has 1 unspecified atom stereocenters. The number of rotatable bonds is 4. The minimum atomic E-state index is -0.103. The van der Waals surface area contributed by atoms with Gasteiger partial charge in [0.15, 0.2) is 11.0 Å². The monoisotopic (exact) mass is 360 g/mol. The summed E-state index contributed by atoms with van der Waals surface area (Å²) in [4.78, 5) is 23.1. The summed E-state index contributed by atoms with van der Waals surface area (Å²) in [6.45, 7) is 8.11. The lowest BCUT2D eigenvalue weighted by Gasteiger charge is -2.36. The smallest absolute Gasteiger partial charge is 0.236 e. The van der Waals surface area contributed by atoms with Gasteiger partial charge < -0.3 is 9.47 Å². The maximum atomic E-state index is 12.8. The van der Waals surface area contributed by atoms with E-state index >= 15 is 0 Å². The molecule has 0 aliphatic carbocycles. The molecule has 0 spiro atoms. The summed E-state index contributed by atoms with van der Waals surface area (Å²) in [6.07, 6.45) is 6.81. The summed E-state index contributed by atoms with van der Waals surface area (Å²) >= 11 is 1.49. The minimum absolute atomic E-state index is 0.103. The molecule has 8 heteroatoms. The topological polar surface area (TPSA) is 76.8 Å². The summed E-state index contributed by atoms with van der Waals surface area (Å²) in [5.74, 6) is 0.862. The van der Waals surface area contributed by atoms with Crippen molar-refractivity contribution in [2.45, 2.75) is 44.0 Å². The molecule has 1 aliphatic heterocycles. The predicted octanol–water partition coefficient (Wildman–Crippen LogP) is 2.40. The summed E-state index contributed by atoms with van der Waals surface area (Å²) < 4.78 is 1.88. The second-order valence-corrected chi connectivity index (χ2v) is 8.69. The van der Waals surface area contributed by atoms with E-state index in [2.05, 4.69) is 40.9 Å². The van der Waals surface area contributed by atoms with Crippen LogP contribution in [0.2, 0.25) is 0 Å². The van der Waals surface area contributed by atoms with Crippen molar-refractivity contribution >= 4 is 17.7 Å². The number of piperidine rings is 1. The number of carbonyl (C=O) groups is 1. The van der Waals surface area contributed by atoms with Crippen LogP contribution in [0.3, 0.4) is 0 Å². The Bertz CT molecular complexity index is 739. The molecule has 3 heterocycles. The van der Waals surface area contributed by atoms with E-state index in [-0.39, 0.29) is 16.6 Å². The highest BCUT2D eigenvalue weighted by atomic mass is 32.2. The standard InChI is InChI=1S/C17H24N6OS/c1-17(2,3)11-23-9-5-6-13(15(23)24)25-16-21-20-14(22(16)4)12-10-18-7-8-19-12/h7-8,10,13H,5-6,9,11H2,1-4H3. The van der Waals surface area contributed by atoms with E-state index in [0.717, 1.165) is 31.1 Å². The number of amides is 1. The third-order valence-electron chi connectivity index (χ3n) is 4.02. The Hall–Kier alpha value is -1.96. The van der Waals surface area contributed by atoms with Gasteiger partial charge in [0.25, 0.3) is 0 Å². The normalized spacial score (nSPS) is 18.6. The molecule has 0 N–H and O–H groups in total. The van der Waals surface area contributed by atoms with E-state index in [0.29, 0.717) is 11.5 Å². The summed E-state index contributed by atoms with van der Waals surface area (Å²) in [7, 11) is 1.90. The van der Waals surface area contributed by atoms with Gasteiger partial charge in [0, 0.05) is 32.5 Å². The zero-order chi connectivity index (χ0) is 18.0. The molecule has 7 nitrogen and oxygen atoms in total. The van der Waals surface area contributed by atoms with Gasteiger partial charge in [-0.25, -0.2) is 4.98 Å². The number of carbonyl (C=O) groups excluding carboxylic acids is 1. The summed E-state index contributed by atoms with van der Waals surface area (Å²) in [5.41, 5.74) is 0.778. The minimum Gasteiger partial charge on any atom is -0.341 e.